The van der Waals surface area contributed by atoms with Gasteiger partial charge in [-0.3, -0.25) is 0 Å². The number of nitrogens with one attached hydrogen (secondary N) is 1. The second kappa shape index (κ2) is 7.53. The van der Waals surface area contributed by atoms with Crippen LogP contribution in [0.3, 0.4) is 0 Å². The van der Waals surface area contributed by atoms with E-state index >= 15 is 0 Å². The van der Waals surface area contributed by atoms with Crippen LogP contribution in [0, 0.1) is 5.92 Å². The average molecular weight is 277 g/mol. The third-order valence-corrected chi connectivity index (χ3v) is 4.34. The second-order valence-corrected chi connectivity index (χ2v) is 5.60. The van der Waals surface area contributed by atoms with Crippen molar-refractivity contribution in [1.82, 2.24) is 5.32 Å². The minimum absolute atomic E-state index is 0.584. The Morgan fingerprint density at radius 3 is 2.45 bits per heavy atom. The van der Waals surface area contributed by atoms with Crippen molar-refractivity contribution in [2.75, 3.05) is 20.8 Å². The summed E-state index contributed by atoms with van der Waals surface area (Å²) in [5.41, 5.74) is 1.32. The minimum atomic E-state index is 0.584. The number of likely N-dealkylation sites (N-methyl/N-ethyl adjacent to an activating group) is 1. The zero-order chi connectivity index (χ0) is 14.4. The highest BCUT2D eigenvalue weighted by atomic mass is 16.5. The molecule has 112 valence electrons. The highest BCUT2D eigenvalue weighted by Crippen LogP contribution is 2.32. The van der Waals surface area contributed by atoms with Gasteiger partial charge in [0, 0.05) is 6.04 Å². The number of hydrogen-bond donors (Lipinski definition) is 1. The largest absolute Gasteiger partial charge is 0.493 e. The summed E-state index contributed by atoms with van der Waals surface area (Å²) in [6.07, 6.45) is 6.58. The Morgan fingerprint density at radius 2 is 1.85 bits per heavy atom. The van der Waals surface area contributed by atoms with Crippen LogP contribution in [0.2, 0.25) is 0 Å². The van der Waals surface area contributed by atoms with Crippen molar-refractivity contribution in [3.8, 4) is 11.5 Å². The molecule has 0 spiro atoms. The first kappa shape index (κ1) is 15.2. The number of rotatable bonds is 7. The molecule has 0 bridgehead atoms. The van der Waals surface area contributed by atoms with Gasteiger partial charge in [0.2, 0.25) is 0 Å². The van der Waals surface area contributed by atoms with Crippen LogP contribution in [0.5, 0.6) is 11.5 Å². The normalized spacial score (nSPS) is 17.1. The molecule has 1 aromatic rings. The summed E-state index contributed by atoms with van der Waals surface area (Å²) < 4.78 is 10.7. The monoisotopic (exact) mass is 277 g/mol. The number of methoxy groups -OCH3 is 2. The maximum absolute atomic E-state index is 5.40. The van der Waals surface area contributed by atoms with Crippen LogP contribution in [-0.2, 0) is 6.42 Å². The molecule has 1 fully saturated rings. The van der Waals surface area contributed by atoms with E-state index in [2.05, 4.69) is 24.4 Å². The Kier molecular flexibility index (Phi) is 5.72. The summed E-state index contributed by atoms with van der Waals surface area (Å²) in [5, 5.41) is 3.67. The fraction of sp³-hybridized carbons (Fsp3) is 0.647. The first-order valence-corrected chi connectivity index (χ1v) is 7.72. The number of benzene rings is 1. The van der Waals surface area contributed by atoms with Crippen LogP contribution in [0.1, 0.15) is 38.2 Å². The summed E-state index contributed by atoms with van der Waals surface area (Å²) in [4.78, 5) is 0. The zero-order valence-corrected chi connectivity index (χ0v) is 12.9. The predicted molar refractivity (Wildman–Crippen MR) is 82.7 cm³/mol. The molecular formula is C17H27NO2. The molecule has 1 N–H and O–H groups in total. The van der Waals surface area contributed by atoms with Crippen molar-refractivity contribution in [3.05, 3.63) is 23.8 Å². The van der Waals surface area contributed by atoms with Gasteiger partial charge in [0.1, 0.15) is 0 Å². The Hall–Kier alpha value is -1.22. The van der Waals surface area contributed by atoms with Gasteiger partial charge in [-0.2, -0.15) is 0 Å². The van der Waals surface area contributed by atoms with Crippen molar-refractivity contribution in [2.45, 2.75) is 45.1 Å². The van der Waals surface area contributed by atoms with Gasteiger partial charge in [-0.15, -0.1) is 0 Å². The van der Waals surface area contributed by atoms with Crippen LogP contribution in [0.25, 0.3) is 0 Å². The lowest BCUT2D eigenvalue weighted by molar-refractivity contribution is 0.350. The molecule has 3 heteroatoms. The molecule has 1 unspecified atom stereocenters. The molecule has 1 saturated carbocycles. The molecule has 0 radical (unpaired) electrons. The van der Waals surface area contributed by atoms with Gasteiger partial charge in [-0.1, -0.05) is 25.8 Å². The fourth-order valence-electron chi connectivity index (χ4n) is 3.29. The highest BCUT2D eigenvalue weighted by molar-refractivity contribution is 5.43. The van der Waals surface area contributed by atoms with Crippen molar-refractivity contribution in [2.24, 2.45) is 5.92 Å². The molecule has 1 aliphatic rings. The summed E-state index contributed by atoms with van der Waals surface area (Å²) >= 11 is 0. The molecule has 20 heavy (non-hydrogen) atoms. The standard InChI is InChI=1S/C17H27NO2/c1-4-18-15(14-7-5-6-8-14)11-13-9-10-16(19-2)17(12-13)20-3/h9-10,12,14-15,18H,4-8,11H2,1-3H3. The van der Waals surface area contributed by atoms with E-state index in [0.717, 1.165) is 30.4 Å². The van der Waals surface area contributed by atoms with Crippen LogP contribution in [0.4, 0.5) is 0 Å². The van der Waals surface area contributed by atoms with Crippen LogP contribution < -0.4 is 14.8 Å². The lowest BCUT2D eigenvalue weighted by atomic mass is 9.92. The maximum Gasteiger partial charge on any atom is 0.160 e. The quantitative estimate of drug-likeness (QED) is 0.828. The molecule has 0 amide bonds. The van der Waals surface area contributed by atoms with Crippen LogP contribution in [0.15, 0.2) is 18.2 Å². The van der Waals surface area contributed by atoms with Crippen molar-refractivity contribution < 1.29 is 9.47 Å². The third kappa shape index (κ3) is 3.66. The van der Waals surface area contributed by atoms with Gasteiger partial charge < -0.3 is 14.8 Å². The van der Waals surface area contributed by atoms with Crippen molar-refractivity contribution >= 4 is 0 Å². The summed E-state index contributed by atoms with van der Waals surface area (Å²) in [6.45, 7) is 3.23. The fourth-order valence-corrected chi connectivity index (χ4v) is 3.29. The van der Waals surface area contributed by atoms with E-state index in [1.54, 1.807) is 14.2 Å². The Bertz CT molecular complexity index is 413. The molecule has 3 nitrogen and oxygen atoms in total. The lowest BCUT2D eigenvalue weighted by Crippen LogP contribution is -2.36. The van der Waals surface area contributed by atoms with Gasteiger partial charge >= 0.3 is 0 Å². The zero-order valence-electron chi connectivity index (χ0n) is 12.9. The molecule has 1 aromatic carbocycles. The van der Waals surface area contributed by atoms with Crippen LogP contribution >= 0.6 is 0 Å². The molecule has 2 rings (SSSR count). The molecule has 0 heterocycles. The summed E-state index contributed by atoms with van der Waals surface area (Å²) in [6, 6.07) is 6.85. The van der Waals surface area contributed by atoms with E-state index in [9.17, 15) is 0 Å². The SMILES string of the molecule is CCNC(Cc1ccc(OC)c(OC)c1)C1CCCC1. The average Bonchev–Trinajstić information content (AvgIpc) is 3.00. The molecule has 1 atom stereocenters. The van der Waals surface area contributed by atoms with E-state index in [-0.39, 0.29) is 0 Å². The van der Waals surface area contributed by atoms with Gasteiger partial charge in [-0.05, 0) is 49.4 Å². The van der Waals surface area contributed by atoms with Gasteiger partial charge in [0.25, 0.3) is 0 Å². The predicted octanol–water partition coefficient (Wildman–Crippen LogP) is 3.41. The van der Waals surface area contributed by atoms with Crippen molar-refractivity contribution in [1.29, 1.82) is 0 Å². The lowest BCUT2D eigenvalue weighted by Gasteiger charge is -2.24. The van der Waals surface area contributed by atoms with Gasteiger partial charge in [0.15, 0.2) is 11.5 Å². The second-order valence-electron chi connectivity index (χ2n) is 5.60. The maximum atomic E-state index is 5.40. The van der Waals surface area contributed by atoms with Crippen molar-refractivity contribution in [3.63, 3.8) is 0 Å². The van der Waals surface area contributed by atoms with Gasteiger partial charge in [-0.25, -0.2) is 0 Å². The van der Waals surface area contributed by atoms with E-state index in [0.29, 0.717) is 6.04 Å². The Balaban J connectivity index is 2.09. The molecule has 0 aliphatic heterocycles. The van der Waals surface area contributed by atoms with E-state index in [1.165, 1.54) is 31.2 Å². The first-order chi connectivity index (χ1) is 9.78. The Labute approximate surface area is 122 Å². The van der Waals surface area contributed by atoms with Crippen LogP contribution in [-0.4, -0.2) is 26.8 Å². The van der Waals surface area contributed by atoms with E-state index < -0.39 is 0 Å². The topological polar surface area (TPSA) is 30.5 Å². The number of ether oxygens (including phenoxy) is 2. The molecular weight excluding hydrogens is 250 g/mol. The number of hydrogen-bond acceptors (Lipinski definition) is 3. The molecule has 0 saturated heterocycles. The smallest absolute Gasteiger partial charge is 0.160 e. The van der Waals surface area contributed by atoms with E-state index in [1.807, 2.05) is 6.07 Å². The first-order valence-electron chi connectivity index (χ1n) is 7.72. The Morgan fingerprint density at radius 1 is 1.15 bits per heavy atom. The minimum Gasteiger partial charge on any atom is -0.493 e. The summed E-state index contributed by atoms with van der Waals surface area (Å²) in [5.74, 6) is 2.45. The van der Waals surface area contributed by atoms with E-state index in [4.69, 9.17) is 9.47 Å². The third-order valence-electron chi connectivity index (χ3n) is 4.34. The molecule has 1 aliphatic carbocycles. The highest BCUT2D eigenvalue weighted by Gasteiger charge is 2.24. The summed E-state index contributed by atoms with van der Waals surface area (Å²) in [7, 11) is 3.37. The molecule has 0 aromatic heterocycles. The van der Waals surface area contributed by atoms with Gasteiger partial charge in [0.05, 0.1) is 14.2 Å².